The lowest BCUT2D eigenvalue weighted by molar-refractivity contribution is 0.350. The zero-order chi connectivity index (χ0) is 13.1. The smallest absolute Gasteiger partial charge is 0.104 e. The molecule has 17 heavy (non-hydrogen) atoms. The van der Waals surface area contributed by atoms with E-state index >= 15 is 0 Å². The zero-order valence-corrected chi connectivity index (χ0v) is 11.3. The van der Waals surface area contributed by atoms with Gasteiger partial charge in [0.25, 0.3) is 0 Å². The van der Waals surface area contributed by atoms with Crippen LogP contribution in [-0.2, 0) is 5.41 Å². The fourth-order valence-corrected chi connectivity index (χ4v) is 1.75. The van der Waals surface area contributed by atoms with Crippen molar-refractivity contribution in [3.63, 3.8) is 0 Å². The van der Waals surface area contributed by atoms with Crippen molar-refractivity contribution >= 4 is 5.69 Å². The number of hydrogen-bond donors (Lipinski definition) is 1. The molecule has 0 atom stereocenters. The molecule has 0 amide bonds. The Bertz CT molecular complexity index is 444. The number of benzene rings is 1. The van der Waals surface area contributed by atoms with Crippen molar-refractivity contribution in [1.29, 1.82) is 0 Å². The van der Waals surface area contributed by atoms with Gasteiger partial charge in [0.05, 0.1) is 0 Å². The van der Waals surface area contributed by atoms with Crippen LogP contribution < -0.4 is 4.90 Å². The largest absolute Gasteiger partial charge is 0.384 e. The van der Waals surface area contributed by atoms with Gasteiger partial charge in [-0.2, -0.15) is 0 Å². The first-order chi connectivity index (χ1) is 7.86. The van der Waals surface area contributed by atoms with Crippen LogP contribution in [0.2, 0.25) is 0 Å². The Labute approximate surface area is 104 Å². The van der Waals surface area contributed by atoms with Gasteiger partial charge in [-0.05, 0) is 29.2 Å². The first-order valence-electron chi connectivity index (χ1n) is 5.78. The topological polar surface area (TPSA) is 23.5 Å². The molecule has 0 radical (unpaired) electrons. The van der Waals surface area contributed by atoms with Gasteiger partial charge in [0.2, 0.25) is 0 Å². The molecule has 0 unspecified atom stereocenters. The lowest BCUT2D eigenvalue weighted by atomic mass is 9.84. The summed E-state index contributed by atoms with van der Waals surface area (Å²) in [7, 11) is 4.09. The maximum absolute atomic E-state index is 8.72. The monoisotopic (exact) mass is 231 g/mol. The molecule has 2 heteroatoms. The van der Waals surface area contributed by atoms with Gasteiger partial charge < -0.3 is 10.0 Å². The minimum atomic E-state index is -0.0969. The SMILES string of the molecule is CN(C)c1ccc(C#CCO)cc1C(C)(C)C. The maximum atomic E-state index is 8.72. The molecule has 0 saturated heterocycles. The Hall–Kier alpha value is -1.46. The summed E-state index contributed by atoms with van der Waals surface area (Å²) in [6.45, 7) is 6.48. The van der Waals surface area contributed by atoms with Crippen LogP contribution in [0.4, 0.5) is 5.69 Å². The maximum Gasteiger partial charge on any atom is 0.104 e. The van der Waals surface area contributed by atoms with Gasteiger partial charge in [-0.25, -0.2) is 0 Å². The normalized spacial score (nSPS) is 10.7. The van der Waals surface area contributed by atoms with Crippen molar-refractivity contribution in [2.75, 3.05) is 25.6 Å². The van der Waals surface area contributed by atoms with Crippen molar-refractivity contribution < 1.29 is 5.11 Å². The van der Waals surface area contributed by atoms with Gasteiger partial charge in [0.15, 0.2) is 0 Å². The molecule has 0 spiro atoms. The van der Waals surface area contributed by atoms with Gasteiger partial charge in [-0.3, -0.25) is 0 Å². The van der Waals surface area contributed by atoms with E-state index in [0.717, 1.165) is 5.56 Å². The van der Waals surface area contributed by atoms with E-state index in [2.05, 4.69) is 49.6 Å². The van der Waals surface area contributed by atoms with E-state index in [-0.39, 0.29) is 12.0 Å². The molecular formula is C15H21NO. The second-order valence-corrected chi connectivity index (χ2v) is 5.34. The molecule has 2 nitrogen and oxygen atoms in total. The third kappa shape index (κ3) is 3.51. The van der Waals surface area contributed by atoms with Crippen molar-refractivity contribution in [3.05, 3.63) is 29.3 Å². The van der Waals surface area contributed by atoms with Crippen molar-refractivity contribution in [2.45, 2.75) is 26.2 Å². The number of anilines is 1. The molecular weight excluding hydrogens is 210 g/mol. The Morgan fingerprint density at radius 3 is 2.35 bits per heavy atom. The van der Waals surface area contributed by atoms with Crippen LogP contribution in [0.15, 0.2) is 18.2 Å². The van der Waals surface area contributed by atoms with E-state index < -0.39 is 0 Å². The van der Waals surface area contributed by atoms with Crippen LogP contribution in [-0.4, -0.2) is 25.8 Å². The summed E-state index contributed by atoms with van der Waals surface area (Å²) in [6.07, 6.45) is 0. The summed E-state index contributed by atoms with van der Waals surface area (Å²) in [5.41, 5.74) is 3.52. The summed E-state index contributed by atoms with van der Waals surface area (Å²) in [6, 6.07) is 6.19. The van der Waals surface area contributed by atoms with Gasteiger partial charge in [-0.15, -0.1) is 0 Å². The van der Waals surface area contributed by atoms with E-state index in [1.807, 2.05) is 20.2 Å². The van der Waals surface area contributed by atoms with E-state index in [9.17, 15) is 0 Å². The molecule has 0 aromatic heterocycles. The van der Waals surface area contributed by atoms with E-state index in [1.54, 1.807) is 0 Å². The Balaban J connectivity index is 3.30. The number of nitrogens with zero attached hydrogens (tertiary/aromatic N) is 1. The highest BCUT2D eigenvalue weighted by atomic mass is 16.2. The average Bonchev–Trinajstić information content (AvgIpc) is 2.24. The minimum Gasteiger partial charge on any atom is -0.384 e. The molecule has 0 heterocycles. The molecule has 1 aromatic carbocycles. The minimum absolute atomic E-state index is 0.0799. The van der Waals surface area contributed by atoms with E-state index in [1.165, 1.54) is 11.3 Å². The standard InChI is InChI=1S/C15H21NO/c1-15(2,3)13-11-12(7-6-10-17)8-9-14(13)16(4)5/h8-9,11,17H,10H2,1-5H3. The second-order valence-electron chi connectivity index (χ2n) is 5.34. The molecule has 1 aromatic rings. The van der Waals surface area contributed by atoms with E-state index in [0.29, 0.717) is 0 Å². The fourth-order valence-electron chi connectivity index (χ4n) is 1.75. The third-order valence-electron chi connectivity index (χ3n) is 2.60. The van der Waals surface area contributed by atoms with Gasteiger partial charge in [0, 0.05) is 25.3 Å². The molecule has 0 bridgehead atoms. The first-order valence-corrected chi connectivity index (χ1v) is 5.78. The summed E-state index contributed by atoms with van der Waals surface area (Å²) >= 11 is 0. The predicted octanol–water partition coefficient (Wildman–Crippen LogP) is 2.39. The Kier molecular flexibility index (Phi) is 4.20. The molecule has 1 rings (SSSR count). The molecule has 0 saturated carbocycles. The third-order valence-corrected chi connectivity index (χ3v) is 2.60. The summed E-state index contributed by atoms with van der Waals surface area (Å²) in [5.74, 6) is 5.64. The molecule has 0 aliphatic rings. The quantitative estimate of drug-likeness (QED) is 0.750. The van der Waals surface area contributed by atoms with E-state index in [4.69, 9.17) is 5.11 Å². The molecule has 0 fully saturated rings. The molecule has 0 aliphatic heterocycles. The van der Waals surface area contributed by atoms with Crippen LogP contribution >= 0.6 is 0 Å². The number of aliphatic hydroxyl groups excluding tert-OH is 1. The highest BCUT2D eigenvalue weighted by molar-refractivity contribution is 5.58. The molecule has 92 valence electrons. The van der Waals surface area contributed by atoms with Gasteiger partial charge in [0.1, 0.15) is 6.61 Å². The number of hydrogen-bond acceptors (Lipinski definition) is 2. The number of rotatable bonds is 1. The zero-order valence-electron chi connectivity index (χ0n) is 11.3. The van der Waals surface area contributed by atoms with Crippen LogP contribution in [0.25, 0.3) is 0 Å². The van der Waals surface area contributed by atoms with Gasteiger partial charge in [-0.1, -0.05) is 32.6 Å². The number of aliphatic hydroxyl groups is 1. The van der Waals surface area contributed by atoms with Crippen molar-refractivity contribution in [2.24, 2.45) is 0 Å². The highest BCUT2D eigenvalue weighted by Gasteiger charge is 2.19. The summed E-state index contributed by atoms with van der Waals surface area (Å²) < 4.78 is 0. The predicted molar refractivity (Wildman–Crippen MR) is 73.4 cm³/mol. The van der Waals surface area contributed by atoms with Crippen LogP contribution in [0.3, 0.4) is 0 Å². The first kappa shape index (κ1) is 13.6. The van der Waals surface area contributed by atoms with Gasteiger partial charge >= 0.3 is 0 Å². The lowest BCUT2D eigenvalue weighted by Gasteiger charge is -2.26. The lowest BCUT2D eigenvalue weighted by Crippen LogP contribution is -2.19. The van der Waals surface area contributed by atoms with Crippen LogP contribution in [0.1, 0.15) is 31.9 Å². The molecule has 1 N–H and O–H groups in total. The second kappa shape index (κ2) is 5.25. The van der Waals surface area contributed by atoms with Crippen LogP contribution in [0.5, 0.6) is 0 Å². The highest BCUT2D eigenvalue weighted by Crippen LogP contribution is 2.31. The average molecular weight is 231 g/mol. The summed E-state index contributed by atoms with van der Waals surface area (Å²) in [5, 5.41) is 8.72. The fraction of sp³-hybridized carbons (Fsp3) is 0.467. The van der Waals surface area contributed by atoms with Crippen LogP contribution in [0, 0.1) is 11.8 Å². The van der Waals surface area contributed by atoms with Crippen molar-refractivity contribution in [3.8, 4) is 11.8 Å². The Morgan fingerprint density at radius 1 is 1.24 bits per heavy atom. The Morgan fingerprint density at radius 2 is 1.88 bits per heavy atom. The summed E-state index contributed by atoms with van der Waals surface area (Å²) in [4.78, 5) is 2.11. The molecule has 0 aliphatic carbocycles. The van der Waals surface area contributed by atoms with Crippen molar-refractivity contribution in [1.82, 2.24) is 0 Å².